The fraction of sp³-hybridized carbons (Fsp3) is 0.188. The van der Waals surface area contributed by atoms with Crippen LogP contribution in [0.3, 0.4) is 0 Å². The fourth-order valence-corrected chi connectivity index (χ4v) is 2.43. The molecule has 0 fully saturated rings. The lowest BCUT2D eigenvalue weighted by atomic mass is 10.1. The molecule has 2 rings (SSSR count). The van der Waals surface area contributed by atoms with Crippen LogP contribution in [-0.4, -0.2) is 20.0 Å². The summed E-state index contributed by atoms with van der Waals surface area (Å²) in [6, 6.07) is 13.3. The maximum absolute atomic E-state index is 12.1. The number of nitrogens with one attached hydrogen (secondary N) is 1. The monoisotopic (exact) mass is 366 g/mol. The lowest BCUT2D eigenvalue weighted by Crippen LogP contribution is -2.23. The van der Waals surface area contributed by atoms with Gasteiger partial charge in [-0.15, -0.1) is 0 Å². The van der Waals surface area contributed by atoms with Gasteiger partial charge in [0.2, 0.25) is 0 Å². The van der Waals surface area contributed by atoms with Crippen LogP contribution < -0.4 is 10.2 Å². The molecule has 21 heavy (non-hydrogen) atoms. The summed E-state index contributed by atoms with van der Waals surface area (Å²) in [7, 11) is 3.98. The molecule has 2 aromatic carbocycles. The second kappa shape index (κ2) is 6.96. The molecule has 0 aliphatic rings. The quantitative estimate of drug-likeness (QED) is 0.882. The third kappa shape index (κ3) is 4.22. The van der Waals surface area contributed by atoms with Gasteiger partial charge in [-0.2, -0.15) is 0 Å². The minimum absolute atomic E-state index is 0.182. The molecule has 0 aliphatic carbocycles. The number of rotatable bonds is 4. The Kier molecular flexibility index (Phi) is 5.26. The van der Waals surface area contributed by atoms with Crippen molar-refractivity contribution in [2.45, 2.75) is 6.54 Å². The Balaban J connectivity index is 2.02. The van der Waals surface area contributed by atoms with Crippen LogP contribution >= 0.6 is 27.5 Å². The van der Waals surface area contributed by atoms with Gasteiger partial charge in [0.15, 0.2) is 0 Å². The Morgan fingerprint density at radius 2 is 1.86 bits per heavy atom. The van der Waals surface area contributed by atoms with E-state index in [1.807, 2.05) is 43.3 Å². The molecular weight excluding hydrogens is 352 g/mol. The van der Waals surface area contributed by atoms with Crippen molar-refractivity contribution in [3.8, 4) is 0 Å². The average molecular weight is 368 g/mol. The van der Waals surface area contributed by atoms with Crippen molar-refractivity contribution in [3.05, 3.63) is 63.1 Å². The van der Waals surface area contributed by atoms with Crippen molar-refractivity contribution in [2.75, 3.05) is 19.0 Å². The van der Waals surface area contributed by atoms with Crippen molar-refractivity contribution in [1.82, 2.24) is 5.32 Å². The van der Waals surface area contributed by atoms with Crippen LogP contribution in [0.15, 0.2) is 46.9 Å². The smallest absolute Gasteiger partial charge is 0.253 e. The van der Waals surface area contributed by atoms with Crippen LogP contribution in [0, 0.1) is 0 Å². The zero-order chi connectivity index (χ0) is 15.4. The van der Waals surface area contributed by atoms with Crippen molar-refractivity contribution < 1.29 is 4.79 Å². The minimum Gasteiger partial charge on any atom is -0.378 e. The average Bonchev–Trinajstić information content (AvgIpc) is 2.47. The summed E-state index contributed by atoms with van der Waals surface area (Å²) in [5.41, 5.74) is 2.64. The Bertz CT molecular complexity index is 641. The largest absolute Gasteiger partial charge is 0.378 e. The van der Waals surface area contributed by atoms with E-state index in [4.69, 9.17) is 11.6 Å². The van der Waals surface area contributed by atoms with Gasteiger partial charge >= 0.3 is 0 Å². The maximum atomic E-state index is 12.1. The van der Waals surface area contributed by atoms with Gasteiger partial charge in [-0.3, -0.25) is 4.79 Å². The number of amides is 1. The van der Waals surface area contributed by atoms with Crippen LogP contribution in [0.1, 0.15) is 15.9 Å². The standard InChI is InChI=1S/C16H16BrClN2O/c1-20(2)13-6-3-11(4-7-13)10-19-16(21)14-9-12(17)5-8-15(14)18/h3-9H,10H2,1-2H3,(H,19,21). The molecule has 0 radical (unpaired) electrons. The lowest BCUT2D eigenvalue weighted by molar-refractivity contribution is 0.0951. The van der Waals surface area contributed by atoms with E-state index in [1.54, 1.807) is 18.2 Å². The second-order valence-electron chi connectivity index (χ2n) is 4.87. The van der Waals surface area contributed by atoms with Gasteiger partial charge in [0.1, 0.15) is 0 Å². The Morgan fingerprint density at radius 1 is 1.19 bits per heavy atom. The van der Waals surface area contributed by atoms with Crippen LogP contribution in [0.2, 0.25) is 5.02 Å². The van der Waals surface area contributed by atoms with E-state index in [2.05, 4.69) is 21.2 Å². The number of nitrogens with zero attached hydrogens (tertiary/aromatic N) is 1. The number of hydrogen-bond donors (Lipinski definition) is 1. The van der Waals surface area contributed by atoms with Gasteiger partial charge < -0.3 is 10.2 Å². The molecule has 1 amide bonds. The van der Waals surface area contributed by atoms with E-state index >= 15 is 0 Å². The molecule has 0 saturated heterocycles. The van der Waals surface area contributed by atoms with Crippen LogP contribution in [0.25, 0.3) is 0 Å². The van der Waals surface area contributed by atoms with Gasteiger partial charge in [0.25, 0.3) is 5.91 Å². The lowest BCUT2D eigenvalue weighted by Gasteiger charge is -2.13. The van der Waals surface area contributed by atoms with E-state index in [1.165, 1.54) is 0 Å². The van der Waals surface area contributed by atoms with Crippen LogP contribution in [-0.2, 0) is 6.54 Å². The van der Waals surface area contributed by atoms with Gasteiger partial charge in [0, 0.05) is 30.8 Å². The first-order valence-electron chi connectivity index (χ1n) is 6.47. The highest BCUT2D eigenvalue weighted by atomic mass is 79.9. The molecule has 110 valence electrons. The molecule has 0 bridgehead atoms. The topological polar surface area (TPSA) is 32.3 Å². The predicted molar refractivity (Wildman–Crippen MR) is 91.1 cm³/mol. The molecular formula is C16H16BrClN2O. The normalized spacial score (nSPS) is 10.3. The highest BCUT2D eigenvalue weighted by Gasteiger charge is 2.10. The zero-order valence-electron chi connectivity index (χ0n) is 11.9. The fourth-order valence-electron chi connectivity index (χ4n) is 1.86. The molecule has 0 aliphatic heterocycles. The highest BCUT2D eigenvalue weighted by molar-refractivity contribution is 9.10. The summed E-state index contributed by atoms with van der Waals surface area (Å²) in [5, 5.41) is 3.32. The van der Waals surface area contributed by atoms with Crippen LogP contribution in [0.4, 0.5) is 5.69 Å². The van der Waals surface area contributed by atoms with E-state index < -0.39 is 0 Å². The molecule has 2 aromatic rings. The maximum Gasteiger partial charge on any atom is 0.253 e. The number of halogens is 2. The molecule has 0 aromatic heterocycles. The molecule has 0 spiro atoms. The molecule has 3 nitrogen and oxygen atoms in total. The van der Waals surface area contributed by atoms with E-state index in [-0.39, 0.29) is 5.91 Å². The van der Waals surface area contributed by atoms with Crippen molar-refractivity contribution in [1.29, 1.82) is 0 Å². The Hall–Kier alpha value is -1.52. The van der Waals surface area contributed by atoms with Crippen LogP contribution in [0.5, 0.6) is 0 Å². The summed E-state index contributed by atoms with van der Waals surface area (Å²) in [6.45, 7) is 0.468. The highest BCUT2D eigenvalue weighted by Crippen LogP contribution is 2.21. The summed E-state index contributed by atoms with van der Waals surface area (Å²) in [5.74, 6) is -0.182. The van der Waals surface area contributed by atoms with Crippen molar-refractivity contribution >= 4 is 39.1 Å². The molecule has 0 unspecified atom stereocenters. The van der Waals surface area contributed by atoms with Gasteiger partial charge in [-0.1, -0.05) is 39.7 Å². The zero-order valence-corrected chi connectivity index (χ0v) is 14.2. The van der Waals surface area contributed by atoms with Crippen molar-refractivity contribution in [3.63, 3.8) is 0 Å². The van der Waals surface area contributed by atoms with E-state index in [9.17, 15) is 4.79 Å². The minimum atomic E-state index is -0.182. The van der Waals surface area contributed by atoms with Gasteiger partial charge in [0.05, 0.1) is 10.6 Å². The number of carbonyl (C=O) groups excluding carboxylic acids is 1. The summed E-state index contributed by atoms with van der Waals surface area (Å²) < 4.78 is 0.826. The van der Waals surface area contributed by atoms with E-state index in [0.29, 0.717) is 17.1 Å². The Morgan fingerprint density at radius 3 is 2.48 bits per heavy atom. The number of anilines is 1. The van der Waals surface area contributed by atoms with Crippen molar-refractivity contribution in [2.24, 2.45) is 0 Å². The first kappa shape index (κ1) is 15.9. The van der Waals surface area contributed by atoms with Gasteiger partial charge in [-0.05, 0) is 35.9 Å². The first-order chi connectivity index (χ1) is 9.97. The number of hydrogen-bond acceptors (Lipinski definition) is 2. The number of carbonyl (C=O) groups is 1. The predicted octanol–water partition coefficient (Wildman–Crippen LogP) is 4.10. The molecule has 0 heterocycles. The SMILES string of the molecule is CN(C)c1ccc(CNC(=O)c2cc(Br)ccc2Cl)cc1. The van der Waals surface area contributed by atoms with Gasteiger partial charge in [-0.25, -0.2) is 0 Å². The molecule has 1 N–H and O–H groups in total. The number of benzene rings is 2. The summed E-state index contributed by atoms with van der Waals surface area (Å²) >= 11 is 9.38. The molecule has 0 atom stereocenters. The summed E-state index contributed by atoms with van der Waals surface area (Å²) in [6.07, 6.45) is 0. The molecule has 5 heteroatoms. The third-order valence-corrected chi connectivity index (χ3v) is 3.90. The third-order valence-electron chi connectivity index (χ3n) is 3.08. The second-order valence-corrected chi connectivity index (χ2v) is 6.19. The molecule has 0 saturated carbocycles. The summed E-state index contributed by atoms with van der Waals surface area (Å²) in [4.78, 5) is 14.2. The van der Waals surface area contributed by atoms with E-state index in [0.717, 1.165) is 15.7 Å². The Labute approximate surface area is 138 Å². The first-order valence-corrected chi connectivity index (χ1v) is 7.64.